The first-order chi connectivity index (χ1) is 5.33. The Balaban J connectivity index is 0. The SMILES string of the molecule is CCCC#N.CCCCC#N. The van der Waals surface area contributed by atoms with Crippen LogP contribution in [0.15, 0.2) is 0 Å². The Morgan fingerprint density at radius 1 is 0.909 bits per heavy atom. The molecule has 0 atom stereocenters. The van der Waals surface area contributed by atoms with Gasteiger partial charge in [-0.05, 0) is 12.8 Å². The Bertz CT molecular complexity index is 127. The van der Waals surface area contributed by atoms with Gasteiger partial charge in [0.25, 0.3) is 0 Å². The van der Waals surface area contributed by atoms with Crippen molar-refractivity contribution in [2.45, 2.75) is 46.0 Å². The van der Waals surface area contributed by atoms with Gasteiger partial charge in [0.05, 0.1) is 12.1 Å². The number of unbranched alkanes of at least 4 members (excludes halogenated alkanes) is 3. The summed E-state index contributed by atoms with van der Waals surface area (Å²) in [6.45, 7) is 4.07. The second-order valence-corrected chi connectivity index (χ2v) is 2.17. The van der Waals surface area contributed by atoms with Crippen molar-refractivity contribution in [1.82, 2.24) is 0 Å². The van der Waals surface area contributed by atoms with E-state index in [1.165, 1.54) is 0 Å². The number of nitriles is 2. The zero-order valence-corrected chi connectivity index (χ0v) is 7.43. The quantitative estimate of drug-likeness (QED) is 0.583. The second kappa shape index (κ2) is 16.0. The number of hydrogen-bond acceptors (Lipinski definition) is 2. The third-order valence-electron chi connectivity index (χ3n) is 1.00. The van der Waals surface area contributed by atoms with Crippen molar-refractivity contribution in [3.63, 3.8) is 0 Å². The van der Waals surface area contributed by atoms with Gasteiger partial charge >= 0.3 is 0 Å². The summed E-state index contributed by atoms with van der Waals surface area (Å²) in [5.41, 5.74) is 0. The Hall–Kier alpha value is -1.02. The van der Waals surface area contributed by atoms with Crippen molar-refractivity contribution in [3.8, 4) is 12.1 Å². The minimum absolute atomic E-state index is 0.694. The normalized spacial score (nSPS) is 6.91. The van der Waals surface area contributed by atoms with Crippen LogP contribution >= 0.6 is 0 Å². The number of rotatable bonds is 3. The van der Waals surface area contributed by atoms with Gasteiger partial charge < -0.3 is 0 Å². The van der Waals surface area contributed by atoms with E-state index in [1.807, 2.05) is 13.0 Å². The maximum Gasteiger partial charge on any atom is 0.0621 e. The maximum absolute atomic E-state index is 7.95. The van der Waals surface area contributed by atoms with Crippen molar-refractivity contribution in [2.75, 3.05) is 0 Å². The molecule has 0 unspecified atom stereocenters. The van der Waals surface area contributed by atoms with Crippen LogP contribution in [-0.4, -0.2) is 0 Å². The topological polar surface area (TPSA) is 47.6 Å². The summed E-state index contributed by atoms with van der Waals surface area (Å²) in [5.74, 6) is 0. The highest BCUT2D eigenvalue weighted by Crippen LogP contribution is 1.88. The lowest BCUT2D eigenvalue weighted by atomic mass is 10.3. The lowest BCUT2D eigenvalue weighted by Gasteiger charge is -1.77. The molecule has 2 nitrogen and oxygen atoms in total. The van der Waals surface area contributed by atoms with Crippen LogP contribution in [0, 0.1) is 22.7 Å². The monoisotopic (exact) mass is 152 g/mol. The third-order valence-corrected chi connectivity index (χ3v) is 1.00. The van der Waals surface area contributed by atoms with Crippen molar-refractivity contribution < 1.29 is 0 Å². The molecule has 0 aromatic heterocycles. The van der Waals surface area contributed by atoms with E-state index in [2.05, 4.69) is 13.0 Å². The molecule has 0 aliphatic carbocycles. The molecule has 0 N–H and O–H groups in total. The van der Waals surface area contributed by atoms with E-state index < -0.39 is 0 Å². The molecule has 2 heteroatoms. The Morgan fingerprint density at radius 3 is 1.55 bits per heavy atom. The molecule has 0 rings (SSSR count). The van der Waals surface area contributed by atoms with Gasteiger partial charge in [-0.25, -0.2) is 0 Å². The van der Waals surface area contributed by atoms with E-state index in [1.54, 1.807) is 0 Å². The average Bonchev–Trinajstić information content (AvgIpc) is 2.04. The molecule has 0 radical (unpaired) electrons. The molecule has 11 heavy (non-hydrogen) atoms. The van der Waals surface area contributed by atoms with Crippen LogP contribution in [0.25, 0.3) is 0 Å². The highest BCUT2D eigenvalue weighted by Gasteiger charge is 1.74. The van der Waals surface area contributed by atoms with Crippen LogP contribution in [0.5, 0.6) is 0 Å². The Morgan fingerprint density at radius 2 is 1.45 bits per heavy atom. The summed E-state index contributed by atoms with van der Waals surface area (Å²) in [5, 5.41) is 15.8. The zero-order valence-electron chi connectivity index (χ0n) is 7.43. The molecule has 0 amide bonds. The molecule has 0 aromatic rings. The first-order valence-electron chi connectivity index (χ1n) is 4.07. The lowest BCUT2D eigenvalue weighted by Crippen LogP contribution is -1.62. The molecule has 0 bridgehead atoms. The van der Waals surface area contributed by atoms with Gasteiger partial charge in [0.1, 0.15) is 0 Å². The predicted molar refractivity (Wildman–Crippen MR) is 45.7 cm³/mol. The van der Waals surface area contributed by atoms with Crippen molar-refractivity contribution >= 4 is 0 Å². The van der Waals surface area contributed by atoms with Gasteiger partial charge in [0.15, 0.2) is 0 Å². The van der Waals surface area contributed by atoms with E-state index in [-0.39, 0.29) is 0 Å². The van der Waals surface area contributed by atoms with Crippen LogP contribution in [-0.2, 0) is 0 Å². The van der Waals surface area contributed by atoms with Crippen molar-refractivity contribution in [2.24, 2.45) is 0 Å². The fraction of sp³-hybridized carbons (Fsp3) is 0.778. The first kappa shape index (κ1) is 12.6. The summed E-state index contributed by atoms with van der Waals surface area (Å²) in [6, 6.07) is 4.09. The zero-order chi connectivity index (χ0) is 8.95. The average molecular weight is 152 g/mol. The lowest BCUT2D eigenvalue weighted by molar-refractivity contribution is 0.822. The molecular formula is C9H16N2. The van der Waals surface area contributed by atoms with Gasteiger partial charge in [0, 0.05) is 12.8 Å². The maximum atomic E-state index is 7.95. The van der Waals surface area contributed by atoms with Gasteiger partial charge in [0.2, 0.25) is 0 Å². The van der Waals surface area contributed by atoms with Crippen LogP contribution in [0.3, 0.4) is 0 Å². The van der Waals surface area contributed by atoms with Crippen LogP contribution < -0.4 is 0 Å². The molecule has 0 aromatic carbocycles. The number of nitrogens with zero attached hydrogens (tertiary/aromatic N) is 2. The van der Waals surface area contributed by atoms with Crippen molar-refractivity contribution in [3.05, 3.63) is 0 Å². The standard InChI is InChI=1S/C5H9N.C4H7N/c1-2-3-4-5-6;1-2-3-4-5/h2-4H2,1H3;2-3H2,1H3. The van der Waals surface area contributed by atoms with Gasteiger partial charge in [-0.3, -0.25) is 0 Å². The van der Waals surface area contributed by atoms with Crippen LogP contribution in [0.4, 0.5) is 0 Å². The summed E-state index contributed by atoms with van der Waals surface area (Å²) >= 11 is 0. The van der Waals surface area contributed by atoms with E-state index in [0.29, 0.717) is 6.42 Å². The Labute approximate surface area is 69.4 Å². The highest BCUT2D eigenvalue weighted by atomic mass is 14.2. The molecular weight excluding hydrogens is 136 g/mol. The molecule has 0 saturated carbocycles. The van der Waals surface area contributed by atoms with Gasteiger partial charge in [-0.2, -0.15) is 10.5 Å². The third kappa shape index (κ3) is 27.6. The highest BCUT2D eigenvalue weighted by molar-refractivity contribution is 4.66. The first-order valence-corrected chi connectivity index (χ1v) is 4.07. The van der Waals surface area contributed by atoms with E-state index in [4.69, 9.17) is 10.5 Å². The van der Waals surface area contributed by atoms with Gasteiger partial charge in [-0.15, -0.1) is 0 Å². The second-order valence-electron chi connectivity index (χ2n) is 2.17. The minimum atomic E-state index is 0.694. The predicted octanol–water partition coefficient (Wildman–Crippen LogP) is 3.01. The Kier molecular flexibility index (Phi) is 18.4. The van der Waals surface area contributed by atoms with E-state index >= 15 is 0 Å². The molecule has 0 aliphatic rings. The molecule has 62 valence electrons. The molecule has 0 fully saturated rings. The van der Waals surface area contributed by atoms with Gasteiger partial charge in [-0.1, -0.05) is 20.3 Å². The smallest absolute Gasteiger partial charge is 0.0621 e. The molecule has 0 aliphatic heterocycles. The molecule has 0 saturated heterocycles. The number of hydrogen-bond donors (Lipinski definition) is 0. The summed E-state index contributed by atoms with van der Waals surface area (Å²) in [4.78, 5) is 0. The van der Waals surface area contributed by atoms with E-state index in [9.17, 15) is 0 Å². The molecule has 0 heterocycles. The molecule has 0 spiro atoms. The largest absolute Gasteiger partial charge is 0.198 e. The summed E-state index contributed by atoms with van der Waals surface area (Å²) < 4.78 is 0. The fourth-order valence-electron chi connectivity index (χ4n) is 0.368. The summed E-state index contributed by atoms with van der Waals surface area (Å²) in [7, 11) is 0. The van der Waals surface area contributed by atoms with Crippen molar-refractivity contribution in [1.29, 1.82) is 10.5 Å². The summed E-state index contributed by atoms with van der Waals surface area (Å²) in [6.07, 6.45) is 4.58. The fourth-order valence-corrected chi connectivity index (χ4v) is 0.368. The van der Waals surface area contributed by atoms with Crippen LogP contribution in [0.2, 0.25) is 0 Å². The van der Waals surface area contributed by atoms with Crippen LogP contribution in [0.1, 0.15) is 46.0 Å². The minimum Gasteiger partial charge on any atom is -0.198 e. The van der Waals surface area contributed by atoms with E-state index in [0.717, 1.165) is 25.7 Å².